The molecule has 0 unspecified atom stereocenters. The summed E-state index contributed by atoms with van der Waals surface area (Å²) in [6.07, 6.45) is 1.22. The number of hydrogen-bond donors (Lipinski definition) is 0. The quantitative estimate of drug-likeness (QED) is 0.461. The fourth-order valence-electron chi connectivity index (χ4n) is 3.47. The zero-order valence-corrected chi connectivity index (χ0v) is 16.5. The van der Waals surface area contributed by atoms with Gasteiger partial charge in [0.1, 0.15) is 5.75 Å². The monoisotopic (exact) mass is 388 g/mol. The third-order valence-corrected chi connectivity index (χ3v) is 6.01. The summed E-state index contributed by atoms with van der Waals surface area (Å²) in [5, 5.41) is 0. The van der Waals surface area contributed by atoms with Crippen LogP contribution in [0.4, 0.5) is 0 Å². The molecule has 2 aromatic rings. The highest BCUT2D eigenvalue weighted by Crippen LogP contribution is 2.44. The molecule has 2 aliphatic rings. The molecule has 0 atom stereocenters. The van der Waals surface area contributed by atoms with Crippen LogP contribution in [0.3, 0.4) is 0 Å². The van der Waals surface area contributed by atoms with Gasteiger partial charge in [0, 0.05) is 6.26 Å². The topological polar surface area (TPSA) is 43.4 Å². The van der Waals surface area contributed by atoms with Crippen molar-refractivity contribution in [3.8, 4) is 39.1 Å². The molecule has 28 heavy (non-hydrogen) atoms. The summed E-state index contributed by atoms with van der Waals surface area (Å²) < 4.78 is 28.9. The second kappa shape index (κ2) is 7.13. The van der Waals surface area contributed by atoms with Gasteiger partial charge in [0.05, 0.1) is 12.0 Å². The Bertz CT molecular complexity index is 1190. The van der Waals surface area contributed by atoms with E-state index in [0.29, 0.717) is 4.90 Å². The van der Waals surface area contributed by atoms with Crippen LogP contribution >= 0.6 is 0 Å². The van der Waals surface area contributed by atoms with Crippen LogP contribution in [-0.2, 0) is 9.84 Å². The minimum absolute atomic E-state index is 0.324. The normalized spacial score (nSPS) is 11.5. The number of ether oxygens (including phenoxy) is 1. The van der Waals surface area contributed by atoms with Gasteiger partial charge in [0.15, 0.2) is 9.84 Å². The Kier molecular flexibility index (Phi) is 4.65. The van der Waals surface area contributed by atoms with Gasteiger partial charge in [-0.2, -0.15) is 0 Å². The second-order valence-corrected chi connectivity index (χ2v) is 8.75. The largest absolute Gasteiger partial charge is 0.497 e. The zero-order chi connectivity index (χ0) is 19.7. The average Bonchev–Trinajstić information content (AvgIpc) is 2.90. The first-order valence-corrected chi connectivity index (χ1v) is 10.8. The molecule has 2 aliphatic carbocycles. The fraction of sp³-hybridized carbons (Fsp3) is 0.0833. The molecule has 0 fully saturated rings. The maximum absolute atomic E-state index is 11.8. The van der Waals surface area contributed by atoms with Crippen LogP contribution in [0.15, 0.2) is 89.8 Å². The highest BCUT2D eigenvalue weighted by molar-refractivity contribution is 7.90. The molecule has 0 radical (unpaired) electrons. The number of benzene rings is 2. The predicted octanol–water partition coefficient (Wildman–Crippen LogP) is 5.54. The first kappa shape index (κ1) is 18.3. The van der Waals surface area contributed by atoms with Crippen LogP contribution in [0.5, 0.6) is 5.75 Å². The molecule has 0 N–H and O–H groups in total. The SMILES string of the molecule is COc1ccc(-c2c3cccccc-3cc2-c2ccc(S(C)(=O)=O)cc2)cc1. The third-order valence-electron chi connectivity index (χ3n) is 4.88. The van der Waals surface area contributed by atoms with Gasteiger partial charge in [-0.25, -0.2) is 8.42 Å². The molecule has 0 saturated carbocycles. The van der Waals surface area contributed by atoms with Crippen molar-refractivity contribution in [3.05, 3.63) is 84.9 Å². The van der Waals surface area contributed by atoms with Crippen molar-refractivity contribution < 1.29 is 13.2 Å². The van der Waals surface area contributed by atoms with Crippen molar-refractivity contribution in [2.75, 3.05) is 13.4 Å². The van der Waals surface area contributed by atoms with Crippen molar-refractivity contribution in [2.24, 2.45) is 0 Å². The smallest absolute Gasteiger partial charge is 0.175 e. The standard InChI is InChI=1S/C24H20O3S/c1-27-20-12-8-18(9-13-20)24-22-7-5-3-4-6-19(22)16-23(24)17-10-14-21(15-11-17)28(2,25)26/h3-16H,1-2H3. The fourth-order valence-corrected chi connectivity index (χ4v) is 4.10. The number of hydrogen-bond acceptors (Lipinski definition) is 3. The van der Waals surface area contributed by atoms with Crippen LogP contribution in [-0.4, -0.2) is 21.8 Å². The van der Waals surface area contributed by atoms with Crippen molar-refractivity contribution >= 4 is 9.84 Å². The highest BCUT2D eigenvalue weighted by atomic mass is 32.2. The summed E-state index contributed by atoms with van der Waals surface area (Å²) in [4.78, 5) is 0.324. The van der Waals surface area contributed by atoms with E-state index in [1.807, 2.05) is 42.5 Å². The summed E-state index contributed by atoms with van der Waals surface area (Å²) in [5.74, 6) is 0.809. The lowest BCUT2D eigenvalue weighted by atomic mass is 9.96. The molecule has 2 aromatic carbocycles. The van der Waals surface area contributed by atoms with Gasteiger partial charge >= 0.3 is 0 Å². The Hall–Kier alpha value is -3.11. The Labute approximate surface area is 165 Å². The van der Waals surface area contributed by atoms with Gasteiger partial charge in [-0.3, -0.25) is 0 Å². The number of fused-ring (bicyclic) bond motifs is 1. The minimum Gasteiger partial charge on any atom is -0.497 e. The van der Waals surface area contributed by atoms with Crippen LogP contribution in [0.2, 0.25) is 0 Å². The molecule has 0 amide bonds. The first-order chi connectivity index (χ1) is 13.5. The van der Waals surface area contributed by atoms with Crippen LogP contribution in [0, 0.1) is 0 Å². The molecule has 0 heterocycles. The van der Waals surface area contributed by atoms with E-state index in [2.05, 4.69) is 30.3 Å². The van der Waals surface area contributed by atoms with E-state index in [1.54, 1.807) is 19.2 Å². The van der Waals surface area contributed by atoms with E-state index in [9.17, 15) is 8.42 Å². The molecule has 0 saturated heterocycles. The highest BCUT2D eigenvalue weighted by Gasteiger charge is 2.18. The molecule has 0 bridgehead atoms. The summed E-state index contributed by atoms with van der Waals surface area (Å²) in [7, 11) is -1.56. The molecular weight excluding hydrogens is 368 g/mol. The Morgan fingerprint density at radius 3 is 1.96 bits per heavy atom. The van der Waals surface area contributed by atoms with E-state index in [0.717, 1.165) is 39.1 Å². The summed E-state index contributed by atoms with van der Waals surface area (Å²) >= 11 is 0. The van der Waals surface area contributed by atoms with Gasteiger partial charge in [0.25, 0.3) is 0 Å². The summed E-state index contributed by atoms with van der Waals surface area (Å²) in [5.41, 5.74) is 6.56. The number of sulfone groups is 1. The molecule has 0 aromatic heterocycles. The number of rotatable bonds is 4. The van der Waals surface area contributed by atoms with Crippen molar-refractivity contribution in [1.29, 1.82) is 0 Å². The van der Waals surface area contributed by atoms with Crippen LogP contribution in [0.1, 0.15) is 0 Å². The molecule has 0 aliphatic heterocycles. The Balaban J connectivity index is 1.93. The molecular formula is C24H20O3S. The van der Waals surface area contributed by atoms with Gasteiger partial charge in [-0.05, 0) is 63.7 Å². The van der Waals surface area contributed by atoms with Crippen LogP contribution in [0.25, 0.3) is 33.4 Å². The molecule has 3 nitrogen and oxygen atoms in total. The van der Waals surface area contributed by atoms with Crippen molar-refractivity contribution in [2.45, 2.75) is 4.90 Å². The molecule has 140 valence electrons. The third kappa shape index (κ3) is 3.39. The second-order valence-electron chi connectivity index (χ2n) is 6.74. The Morgan fingerprint density at radius 1 is 0.679 bits per heavy atom. The van der Waals surface area contributed by atoms with E-state index in [-0.39, 0.29) is 0 Å². The number of methoxy groups -OCH3 is 1. The van der Waals surface area contributed by atoms with E-state index in [1.165, 1.54) is 6.26 Å². The van der Waals surface area contributed by atoms with E-state index < -0.39 is 9.84 Å². The maximum Gasteiger partial charge on any atom is 0.175 e. The van der Waals surface area contributed by atoms with E-state index in [4.69, 9.17) is 4.74 Å². The lowest BCUT2D eigenvalue weighted by Crippen LogP contribution is -1.96. The van der Waals surface area contributed by atoms with Gasteiger partial charge in [-0.1, -0.05) is 54.6 Å². The summed E-state index contributed by atoms with van der Waals surface area (Å²) in [6.45, 7) is 0. The zero-order valence-electron chi connectivity index (χ0n) is 15.7. The van der Waals surface area contributed by atoms with Crippen LogP contribution < -0.4 is 4.74 Å². The average molecular weight is 388 g/mol. The maximum atomic E-state index is 11.8. The van der Waals surface area contributed by atoms with E-state index >= 15 is 0 Å². The lowest BCUT2D eigenvalue weighted by molar-refractivity contribution is 0.415. The molecule has 4 rings (SSSR count). The van der Waals surface area contributed by atoms with Gasteiger partial charge < -0.3 is 4.74 Å². The van der Waals surface area contributed by atoms with Gasteiger partial charge in [0.2, 0.25) is 0 Å². The predicted molar refractivity (Wildman–Crippen MR) is 114 cm³/mol. The minimum atomic E-state index is -3.22. The molecule has 0 spiro atoms. The Morgan fingerprint density at radius 2 is 1.32 bits per heavy atom. The van der Waals surface area contributed by atoms with Crippen molar-refractivity contribution in [1.82, 2.24) is 0 Å². The summed E-state index contributed by atoms with van der Waals surface area (Å²) in [6, 6.07) is 27.5. The lowest BCUT2D eigenvalue weighted by Gasteiger charge is -2.09. The van der Waals surface area contributed by atoms with Gasteiger partial charge in [-0.15, -0.1) is 0 Å². The van der Waals surface area contributed by atoms with Crippen molar-refractivity contribution in [3.63, 3.8) is 0 Å². The molecule has 4 heteroatoms. The first-order valence-electron chi connectivity index (χ1n) is 8.94.